The highest BCUT2D eigenvalue weighted by Crippen LogP contribution is 2.08. The van der Waals surface area contributed by atoms with E-state index in [2.05, 4.69) is 4.98 Å². The van der Waals surface area contributed by atoms with Crippen LogP contribution < -0.4 is 0 Å². The fourth-order valence-electron chi connectivity index (χ4n) is 0.597. The van der Waals surface area contributed by atoms with Crippen LogP contribution in [0.15, 0.2) is 18.5 Å². The Labute approximate surface area is 48.2 Å². The third-order valence-corrected chi connectivity index (χ3v) is 1.10. The molecule has 1 atom stereocenters. The summed E-state index contributed by atoms with van der Waals surface area (Å²) < 4.78 is 0. The van der Waals surface area contributed by atoms with Crippen molar-refractivity contribution in [3.63, 3.8) is 0 Å². The van der Waals surface area contributed by atoms with Crippen LogP contribution in [0.4, 0.5) is 0 Å². The van der Waals surface area contributed by atoms with Crippen LogP contribution in [0.3, 0.4) is 0 Å². The largest absolute Gasteiger partial charge is 0.389 e. The van der Waals surface area contributed by atoms with Crippen molar-refractivity contribution >= 4 is 0 Å². The van der Waals surface area contributed by atoms with Crippen molar-refractivity contribution in [1.29, 1.82) is 0 Å². The molecule has 2 heteroatoms. The first-order valence-electron chi connectivity index (χ1n) is 2.61. The second kappa shape index (κ2) is 2.01. The zero-order valence-corrected chi connectivity index (χ0v) is 4.76. The summed E-state index contributed by atoms with van der Waals surface area (Å²) in [4.78, 5) is 2.85. The van der Waals surface area contributed by atoms with E-state index in [9.17, 15) is 0 Å². The number of hydrogen-bond donors (Lipinski definition) is 2. The maximum atomic E-state index is 8.89. The number of aliphatic hydroxyl groups excluding tert-OH is 1. The molecular weight excluding hydrogens is 102 g/mol. The third-order valence-electron chi connectivity index (χ3n) is 1.10. The average molecular weight is 111 g/mol. The molecule has 0 fully saturated rings. The second-order valence-electron chi connectivity index (χ2n) is 1.82. The monoisotopic (exact) mass is 111 g/mol. The average Bonchev–Trinajstić information content (AvgIpc) is 2.12. The van der Waals surface area contributed by atoms with Gasteiger partial charge in [0.05, 0.1) is 6.10 Å². The van der Waals surface area contributed by atoms with Crippen LogP contribution in [0.5, 0.6) is 0 Å². The first-order chi connectivity index (χ1) is 3.80. The summed E-state index contributed by atoms with van der Waals surface area (Å²) >= 11 is 0. The molecule has 1 aromatic rings. The molecule has 0 saturated heterocycles. The minimum atomic E-state index is -0.346. The van der Waals surface area contributed by atoms with Gasteiger partial charge >= 0.3 is 0 Å². The Hall–Kier alpha value is -0.760. The van der Waals surface area contributed by atoms with Gasteiger partial charge < -0.3 is 10.1 Å². The number of H-pyrrole nitrogens is 1. The molecule has 0 aromatic carbocycles. The summed E-state index contributed by atoms with van der Waals surface area (Å²) in [6.07, 6.45) is 3.23. The first kappa shape index (κ1) is 5.38. The van der Waals surface area contributed by atoms with Crippen molar-refractivity contribution in [2.45, 2.75) is 13.0 Å². The van der Waals surface area contributed by atoms with E-state index < -0.39 is 0 Å². The van der Waals surface area contributed by atoms with E-state index in [-0.39, 0.29) is 6.10 Å². The van der Waals surface area contributed by atoms with Gasteiger partial charge in [-0.25, -0.2) is 0 Å². The van der Waals surface area contributed by atoms with Crippen LogP contribution in [0.1, 0.15) is 18.6 Å². The van der Waals surface area contributed by atoms with Crippen molar-refractivity contribution in [1.82, 2.24) is 4.98 Å². The van der Waals surface area contributed by atoms with Crippen LogP contribution in [-0.2, 0) is 0 Å². The molecule has 44 valence electrons. The highest BCUT2D eigenvalue weighted by molar-refractivity contribution is 5.10. The van der Waals surface area contributed by atoms with Crippen molar-refractivity contribution in [3.05, 3.63) is 24.0 Å². The van der Waals surface area contributed by atoms with Crippen LogP contribution in [-0.4, -0.2) is 10.1 Å². The standard InChI is InChI=1S/C6H9NO/c1-5(8)6-2-3-7-4-6/h2-5,7-8H,1H3/t5-/m0/s1. The molecule has 0 aliphatic carbocycles. The quantitative estimate of drug-likeness (QED) is 0.558. The van der Waals surface area contributed by atoms with Gasteiger partial charge in [0.15, 0.2) is 0 Å². The lowest BCUT2D eigenvalue weighted by Gasteiger charge is -1.95. The fourth-order valence-corrected chi connectivity index (χ4v) is 0.597. The Morgan fingerprint density at radius 2 is 2.50 bits per heavy atom. The minimum absolute atomic E-state index is 0.346. The summed E-state index contributed by atoms with van der Waals surface area (Å²) in [5.74, 6) is 0. The summed E-state index contributed by atoms with van der Waals surface area (Å²) in [5, 5.41) is 8.89. The van der Waals surface area contributed by atoms with E-state index in [4.69, 9.17) is 5.11 Å². The predicted octanol–water partition coefficient (Wildman–Crippen LogP) is 1.07. The Morgan fingerprint density at radius 1 is 1.75 bits per heavy atom. The van der Waals surface area contributed by atoms with E-state index in [1.807, 2.05) is 6.07 Å². The van der Waals surface area contributed by atoms with Crippen LogP contribution in [0.2, 0.25) is 0 Å². The van der Waals surface area contributed by atoms with Gasteiger partial charge in [0, 0.05) is 12.4 Å². The number of aromatic nitrogens is 1. The van der Waals surface area contributed by atoms with Gasteiger partial charge in [-0.1, -0.05) is 0 Å². The molecule has 1 rings (SSSR count). The maximum absolute atomic E-state index is 8.89. The number of aromatic amines is 1. The molecule has 0 amide bonds. The fraction of sp³-hybridized carbons (Fsp3) is 0.333. The lowest BCUT2D eigenvalue weighted by Crippen LogP contribution is -1.85. The van der Waals surface area contributed by atoms with Crippen molar-refractivity contribution < 1.29 is 5.11 Å². The number of nitrogens with one attached hydrogen (secondary N) is 1. The molecule has 2 nitrogen and oxygen atoms in total. The summed E-state index contributed by atoms with van der Waals surface area (Å²) in [6.45, 7) is 1.74. The van der Waals surface area contributed by atoms with Gasteiger partial charge in [0.25, 0.3) is 0 Å². The molecule has 0 bridgehead atoms. The topological polar surface area (TPSA) is 36.0 Å². The highest BCUT2D eigenvalue weighted by Gasteiger charge is 1.96. The molecule has 0 radical (unpaired) electrons. The van der Waals surface area contributed by atoms with Crippen molar-refractivity contribution in [3.8, 4) is 0 Å². The lowest BCUT2D eigenvalue weighted by molar-refractivity contribution is 0.199. The van der Waals surface area contributed by atoms with Crippen LogP contribution in [0, 0.1) is 0 Å². The van der Waals surface area contributed by atoms with Gasteiger partial charge in [-0.2, -0.15) is 0 Å². The smallest absolute Gasteiger partial charge is 0.0776 e. The summed E-state index contributed by atoms with van der Waals surface area (Å²) in [7, 11) is 0. The number of rotatable bonds is 1. The number of aliphatic hydroxyl groups is 1. The molecule has 0 aliphatic heterocycles. The molecule has 8 heavy (non-hydrogen) atoms. The van der Waals surface area contributed by atoms with Crippen LogP contribution in [0.25, 0.3) is 0 Å². The minimum Gasteiger partial charge on any atom is -0.389 e. The van der Waals surface area contributed by atoms with E-state index >= 15 is 0 Å². The predicted molar refractivity (Wildman–Crippen MR) is 31.4 cm³/mol. The molecule has 0 aliphatic rings. The van der Waals surface area contributed by atoms with Crippen molar-refractivity contribution in [2.24, 2.45) is 0 Å². The molecule has 1 heterocycles. The Bertz CT molecular complexity index is 144. The SMILES string of the molecule is C[C@H](O)c1cc[nH]c1. The summed E-state index contributed by atoms with van der Waals surface area (Å²) in [6, 6.07) is 1.85. The van der Waals surface area contributed by atoms with Gasteiger partial charge in [-0.3, -0.25) is 0 Å². The number of hydrogen-bond acceptors (Lipinski definition) is 1. The van der Waals surface area contributed by atoms with E-state index in [1.165, 1.54) is 0 Å². The Balaban J connectivity index is 2.77. The van der Waals surface area contributed by atoms with Gasteiger partial charge in [-0.15, -0.1) is 0 Å². The maximum Gasteiger partial charge on any atom is 0.0776 e. The lowest BCUT2D eigenvalue weighted by atomic mass is 10.2. The second-order valence-corrected chi connectivity index (χ2v) is 1.82. The molecule has 0 saturated carbocycles. The normalized spacial score (nSPS) is 13.8. The van der Waals surface area contributed by atoms with Gasteiger partial charge in [0.2, 0.25) is 0 Å². The molecule has 2 N–H and O–H groups in total. The Morgan fingerprint density at radius 3 is 2.75 bits per heavy atom. The molecular formula is C6H9NO. The van der Waals surface area contributed by atoms with Gasteiger partial charge in [-0.05, 0) is 18.6 Å². The van der Waals surface area contributed by atoms with E-state index in [0.29, 0.717) is 0 Å². The zero-order chi connectivity index (χ0) is 5.98. The van der Waals surface area contributed by atoms with E-state index in [0.717, 1.165) is 5.56 Å². The van der Waals surface area contributed by atoms with Crippen molar-refractivity contribution in [2.75, 3.05) is 0 Å². The van der Waals surface area contributed by atoms with Gasteiger partial charge in [0.1, 0.15) is 0 Å². The highest BCUT2D eigenvalue weighted by atomic mass is 16.3. The molecule has 1 aromatic heterocycles. The summed E-state index contributed by atoms with van der Waals surface area (Å²) in [5.41, 5.74) is 0.935. The first-order valence-corrected chi connectivity index (χ1v) is 2.61. The van der Waals surface area contributed by atoms with E-state index in [1.54, 1.807) is 19.3 Å². The molecule has 0 spiro atoms. The van der Waals surface area contributed by atoms with Crippen LogP contribution >= 0.6 is 0 Å². The molecule has 0 unspecified atom stereocenters. The zero-order valence-electron chi connectivity index (χ0n) is 4.76. The third kappa shape index (κ3) is 0.898. The Kier molecular flexibility index (Phi) is 1.35.